The minimum absolute atomic E-state index is 0.103. The Morgan fingerprint density at radius 3 is 2.86 bits per heavy atom. The standard InChI is InChI=1S/C20H17BrN4O2S/c1-12-8-18-23-24-20(25(18)17-10-15(27-2)6-7-16(12)17)28-11-19(26)22-14-5-3-4-13(21)9-14/h3-10H,11H2,1-2H3,(H,22,26). The van der Waals surface area contributed by atoms with Gasteiger partial charge in [0.25, 0.3) is 0 Å². The summed E-state index contributed by atoms with van der Waals surface area (Å²) in [6, 6.07) is 15.4. The summed E-state index contributed by atoms with van der Waals surface area (Å²) in [4.78, 5) is 12.3. The van der Waals surface area contributed by atoms with Crippen LogP contribution in [-0.2, 0) is 4.79 Å². The predicted octanol–water partition coefficient (Wildman–Crippen LogP) is 4.69. The molecule has 2 aromatic heterocycles. The molecule has 0 spiro atoms. The van der Waals surface area contributed by atoms with Crippen LogP contribution in [0.15, 0.2) is 58.2 Å². The molecule has 0 aliphatic heterocycles. The van der Waals surface area contributed by atoms with Gasteiger partial charge in [-0.05, 0) is 48.9 Å². The minimum atomic E-state index is -0.103. The maximum absolute atomic E-state index is 12.3. The number of halogens is 1. The average Bonchev–Trinajstić information content (AvgIpc) is 3.09. The van der Waals surface area contributed by atoms with Gasteiger partial charge < -0.3 is 10.1 Å². The Morgan fingerprint density at radius 2 is 2.07 bits per heavy atom. The Bertz CT molecular complexity index is 1190. The lowest BCUT2D eigenvalue weighted by molar-refractivity contribution is -0.113. The number of hydrogen-bond acceptors (Lipinski definition) is 5. The van der Waals surface area contributed by atoms with Gasteiger partial charge in [0.1, 0.15) is 5.75 Å². The van der Waals surface area contributed by atoms with E-state index in [0.29, 0.717) is 5.16 Å². The van der Waals surface area contributed by atoms with Crippen molar-refractivity contribution in [1.29, 1.82) is 0 Å². The normalized spacial score (nSPS) is 11.1. The third kappa shape index (κ3) is 3.70. The number of pyridine rings is 1. The molecule has 4 aromatic rings. The fraction of sp³-hybridized carbons (Fsp3) is 0.150. The summed E-state index contributed by atoms with van der Waals surface area (Å²) in [5, 5.41) is 13.2. The van der Waals surface area contributed by atoms with Crippen LogP contribution in [0.25, 0.3) is 16.6 Å². The van der Waals surface area contributed by atoms with Gasteiger partial charge in [0.15, 0.2) is 10.8 Å². The van der Waals surface area contributed by atoms with Gasteiger partial charge in [0.2, 0.25) is 5.91 Å². The maximum atomic E-state index is 12.3. The van der Waals surface area contributed by atoms with Crippen molar-refractivity contribution in [3.8, 4) is 5.75 Å². The number of ether oxygens (including phenoxy) is 1. The zero-order chi connectivity index (χ0) is 19.7. The summed E-state index contributed by atoms with van der Waals surface area (Å²) in [6.07, 6.45) is 0. The fourth-order valence-corrected chi connectivity index (χ4v) is 4.17. The predicted molar refractivity (Wildman–Crippen MR) is 115 cm³/mol. The Balaban J connectivity index is 1.62. The molecule has 1 N–H and O–H groups in total. The van der Waals surface area contributed by atoms with Gasteiger partial charge >= 0.3 is 0 Å². The smallest absolute Gasteiger partial charge is 0.234 e. The number of hydrogen-bond donors (Lipinski definition) is 1. The molecule has 2 aromatic carbocycles. The van der Waals surface area contributed by atoms with Gasteiger partial charge in [-0.3, -0.25) is 9.20 Å². The van der Waals surface area contributed by atoms with Crippen molar-refractivity contribution in [3.63, 3.8) is 0 Å². The molecule has 0 saturated heterocycles. The number of carbonyl (C=O) groups excluding carboxylic acids is 1. The van der Waals surface area contributed by atoms with Crippen LogP contribution in [0.1, 0.15) is 5.56 Å². The van der Waals surface area contributed by atoms with E-state index < -0.39 is 0 Å². The lowest BCUT2D eigenvalue weighted by Gasteiger charge is -2.09. The second-order valence-corrected chi connectivity index (χ2v) is 8.09. The molecule has 8 heteroatoms. The number of anilines is 1. The van der Waals surface area contributed by atoms with Crippen LogP contribution in [0.5, 0.6) is 5.75 Å². The van der Waals surface area contributed by atoms with E-state index in [0.717, 1.165) is 38.0 Å². The fourth-order valence-electron chi connectivity index (χ4n) is 3.02. The molecule has 6 nitrogen and oxygen atoms in total. The Labute approximate surface area is 174 Å². The Morgan fingerprint density at radius 1 is 1.21 bits per heavy atom. The van der Waals surface area contributed by atoms with E-state index in [4.69, 9.17) is 4.74 Å². The van der Waals surface area contributed by atoms with E-state index in [2.05, 4.69) is 31.4 Å². The van der Waals surface area contributed by atoms with E-state index in [9.17, 15) is 4.79 Å². The molecule has 4 rings (SSSR count). The molecule has 0 fully saturated rings. The van der Waals surface area contributed by atoms with E-state index >= 15 is 0 Å². The number of rotatable bonds is 5. The highest BCUT2D eigenvalue weighted by Gasteiger charge is 2.14. The minimum Gasteiger partial charge on any atom is -0.497 e. The van der Waals surface area contributed by atoms with Crippen LogP contribution in [0, 0.1) is 6.92 Å². The van der Waals surface area contributed by atoms with Crippen molar-refractivity contribution in [1.82, 2.24) is 14.6 Å². The van der Waals surface area contributed by atoms with Crippen molar-refractivity contribution >= 4 is 55.8 Å². The number of benzene rings is 2. The van der Waals surface area contributed by atoms with E-state index in [1.807, 2.05) is 59.9 Å². The third-order valence-corrected chi connectivity index (χ3v) is 5.74. The van der Waals surface area contributed by atoms with Crippen LogP contribution < -0.4 is 10.1 Å². The molecular formula is C20H17BrN4O2S. The van der Waals surface area contributed by atoms with E-state index in [1.54, 1.807) is 7.11 Å². The van der Waals surface area contributed by atoms with Gasteiger partial charge in [-0.15, -0.1) is 10.2 Å². The number of nitrogens with zero attached hydrogens (tertiary/aromatic N) is 3. The molecule has 0 aliphatic rings. The highest BCUT2D eigenvalue weighted by molar-refractivity contribution is 9.10. The molecule has 0 atom stereocenters. The first-order valence-corrected chi connectivity index (χ1v) is 10.3. The van der Waals surface area contributed by atoms with Crippen LogP contribution in [0.3, 0.4) is 0 Å². The lowest BCUT2D eigenvalue weighted by atomic mass is 10.1. The molecule has 1 amide bonds. The van der Waals surface area contributed by atoms with Crippen molar-refractivity contribution < 1.29 is 9.53 Å². The second-order valence-electron chi connectivity index (χ2n) is 6.23. The number of thioether (sulfide) groups is 1. The van der Waals surface area contributed by atoms with Gasteiger partial charge in [-0.1, -0.05) is 33.8 Å². The van der Waals surface area contributed by atoms with Gasteiger partial charge in [0, 0.05) is 21.6 Å². The summed E-state index contributed by atoms with van der Waals surface area (Å²) in [5.74, 6) is 0.886. The number of amides is 1. The summed E-state index contributed by atoms with van der Waals surface area (Å²) in [5.41, 5.74) is 3.56. The molecule has 0 aliphatic carbocycles. The number of fused-ring (bicyclic) bond motifs is 3. The zero-order valence-corrected chi connectivity index (χ0v) is 17.7. The Kier molecular flexibility index (Phi) is 5.23. The highest BCUT2D eigenvalue weighted by atomic mass is 79.9. The number of aromatic nitrogens is 3. The lowest BCUT2D eigenvalue weighted by Crippen LogP contribution is -2.14. The maximum Gasteiger partial charge on any atom is 0.234 e. The molecule has 28 heavy (non-hydrogen) atoms. The van der Waals surface area contributed by atoms with Crippen LogP contribution in [-0.4, -0.2) is 33.4 Å². The molecule has 142 valence electrons. The summed E-state index contributed by atoms with van der Waals surface area (Å²) < 4.78 is 8.25. The molecule has 0 unspecified atom stereocenters. The van der Waals surface area contributed by atoms with Gasteiger partial charge in [-0.2, -0.15) is 0 Å². The summed E-state index contributed by atoms with van der Waals surface area (Å²) in [6.45, 7) is 2.04. The van der Waals surface area contributed by atoms with Gasteiger partial charge in [-0.25, -0.2) is 0 Å². The first-order chi connectivity index (χ1) is 13.5. The highest BCUT2D eigenvalue weighted by Crippen LogP contribution is 2.28. The monoisotopic (exact) mass is 456 g/mol. The third-order valence-electron chi connectivity index (χ3n) is 4.32. The first-order valence-electron chi connectivity index (χ1n) is 8.56. The van der Waals surface area contributed by atoms with Crippen LogP contribution in [0.4, 0.5) is 5.69 Å². The molecule has 0 radical (unpaired) electrons. The van der Waals surface area contributed by atoms with Crippen LogP contribution >= 0.6 is 27.7 Å². The first kappa shape index (κ1) is 18.8. The van der Waals surface area contributed by atoms with Crippen molar-refractivity contribution in [2.45, 2.75) is 12.1 Å². The topological polar surface area (TPSA) is 68.5 Å². The number of aryl methyl sites for hydroxylation is 1. The van der Waals surface area contributed by atoms with Crippen molar-refractivity contribution in [2.75, 3.05) is 18.2 Å². The SMILES string of the molecule is COc1ccc2c(C)cc3nnc(SCC(=O)Nc4cccc(Br)c4)n3c2c1. The second kappa shape index (κ2) is 7.81. The number of nitrogens with one attached hydrogen (secondary N) is 1. The molecule has 0 bridgehead atoms. The van der Waals surface area contributed by atoms with Crippen LogP contribution in [0.2, 0.25) is 0 Å². The molecule has 0 saturated carbocycles. The summed E-state index contributed by atoms with van der Waals surface area (Å²) >= 11 is 4.75. The van der Waals surface area contributed by atoms with Crippen molar-refractivity contribution in [3.05, 3.63) is 58.6 Å². The molecular weight excluding hydrogens is 440 g/mol. The Hall–Kier alpha value is -2.58. The number of methoxy groups -OCH3 is 1. The average molecular weight is 457 g/mol. The quantitative estimate of drug-likeness (QED) is 0.441. The van der Waals surface area contributed by atoms with Crippen molar-refractivity contribution in [2.24, 2.45) is 0 Å². The summed E-state index contributed by atoms with van der Waals surface area (Å²) in [7, 11) is 1.64. The molecule has 2 heterocycles. The largest absolute Gasteiger partial charge is 0.497 e. The number of carbonyl (C=O) groups is 1. The van der Waals surface area contributed by atoms with E-state index in [-0.39, 0.29) is 11.7 Å². The van der Waals surface area contributed by atoms with Gasteiger partial charge in [0.05, 0.1) is 18.4 Å². The zero-order valence-electron chi connectivity index (χ0n) is 15.3. The van der Waals surface area contributed by atoms with E-state index in [1.165, 1.54) is 11.8 Å².